The van der Waals surface area contributed by atoms with Gasteiger partial charge in [0.1, 0.15) is 17.2 Å². The van der Waals surface area contributed by atoms with E-state index in [1.165, 1.54) is 12.1 Å². The van der Waals surface area contributed by atoms with Gasteiger partial charge in [-0.2, -0.15) is 22.0 Å². The van der Waals surface area contributed by atoms with Gasteiger partial charge in [-0.25, -0.2) is 14.6 Å². The largest absolute Gasteiger partial charge is 0.461 e. The van der Waals surface area contributed by atoms with Gasteiger partial charge in [-0.3, -0.25) is 14.4 Å². The van der Waals surface area contributed by atoms with Crippen LogP contribution in [-0.2, 0) is 31.4 Å². The maximum atomic E-state index is 14.1. The second kappa shape index (κ2) is 21.2. The topological polar surface area (TPSA) is 193 Å². The van der Waals surface area contributed by atoms with Gasteiger partial charge in [0.25, 0.3) is 5.91 Å². The number of carbonyl (C=O) groups excluding carboxylic acids is 5. The van der Waals surface area contributed by atoms with Gasteiger partial charge in [-0.15, -0.1) is 0 Å². The SMILES string of the molecule is Cc1cc(C(=O)N[C@H]2CC[C@H](NC(=O)OC(C)(C)C)CC2)ccc1-c1ccc(C[C@H](NC(=O)[C@H]2CC[C@H](CNC(=O)OC(C)(C)C)CC2)C(=O)Nc2ccc3[nH]c(C(F)(F)C(F)(F)F)nc3c2)cc1. The van der Waals surface area contributed by atoms with E-state index in [0.29, 0.717) is 69.0 Å². The molecule has 0 spiro atoms. The zero-order chi connectivity index (χ0) is 50.5. The average Bonchev–Trinajstić information content (AvgIpc) is 3.69. The van der Waals surface area contributed by atoms with Crippen molar-refractivity contribution in [1.82, 2.24) is 31.2 Å². The molecule has 0 aliphatic heterocycles. The highest BCUT2D eigenvalue weighted by Gasteiger charge is 2.61. The standard InChI is InChI=1S/C50H62F5N7O7/c1-28-24-33(42(64)57-34-17-19-35(20-18-34)59-46(67)69-48(5,6)7)16-22-37(28)31-12-8-29(9-13-31)25-40(60-41(63)32-14-10-30(11-15-32)27-56-45(66)68-47(2,3)4)43(65)58-36-21-23-38-39(26-36)62-44(61-38)49(51,52)50(53,54)55/h8-9,12-13,16,21-24,26,30,32,34-35,40H,10-11,14-15,17-20,25,27H2,1-7H3,(H,56,66)(H,57,64)(H,58,65)(H,59,67)(H,60,63)(H,61,62)/t30-,32-,34-,35-,40-/m0/s1. The highest BCUT2D eigenvalue weighted by molar-refractivity contribution is 5.99. The predicted molar refractivity (Wildman–Crippen MR) is 249 cm³/mol. The molecule has 1 heterocycles. The zero-order valence-corrected chi connectivity index (χ0v) is 39.9. The number of benzene rings is 3. The molecule has 2 fully saturated rings. The summed E-state index contributed by atoms with van der Waals surface area (Å²) in [5.41, 5.74) is 2.22. The number of carbonyl (C=O) groups is 5. The summed E-state index contributed by atoms with van der Waals surface area (Å²) in [6.45, 7) is 13.0. The normalized spacial score (nSPS) is 19.5. The summed E-state index contributed by atoms with van der Waals surface area (Å²) in [4.78, 5) is 70.9. The van der Waals surface area contributed by atoms with Gasteiger partial charge in [-0.1, -0.05) is 30.3 Å². The first kappa shape index (κ1) is 52.1. The minimum Gasteiger partial charge on any atom is -0.444 e. The number of halogens is 5. The van der Waals surface area contributed by atoms with Crippen LogP contribution >= 0.6 is 0 Å². The Morgan fingerprint density at radius 1 is 0.739 bits per heavy atom. The number of alkyl halides is 5. The smallest absolute Gasteiger partial charge is 0.444 e. The number of rotatable bonds is 13. The van der Waals surface area contributed by atoms with Crippen molar-refractivity contribution in [3.8, 4) is 11.1 Å². The molecule has 0 unspecified atom stereocenters. The number of anilines is 1. The number of hydrogen-bond acceptors (Lipinski definition) is 8. The van der Waals surface area contributed by atoms with E-state index in [0.717, 1.165) is 22.8 Å². The molecule has 2 aliphatic rings. The second-order valence-electron chi connectivity index (χ2n) is 20.1. The van der Waals surface area contributed by atoms with Crippen LogP contribution in [0.15, 0.2) is 60.7 Å². The summed E-state index contributed by atoms with van der Waals surface area (Å²) in [5, 5.41) is 14.4. The fraction of sp³-hybridized carbons (Fsp3) is 0.520. The lowest BCUT2D eigenvalue weighted by atomic mass is 9.81. The van der Waals surface area contributed by atoms with Crippen molar-refractivity contribution in [2.75, 3.05) is 11.9 Å². The van der Waals surface area contributed by atoms with Crippen LogP contribution in [0.4, 0.5) is 37.2 Å². The number of alkyl carbamates (subject to hydrolysis) is 2. The molecule has 1 atom stereocenters. The number of aryl methyl sites for hydroxylation is 1. The summed E-state index contributed by atoms with van der Waals surface area (Å²) >= 11 is 0. The van der Waals surface area contributed by atoms with Crippen LogP contribution in [0, 0.1) is 18.8 Å². The molecule has 0 radical (unpaired) electrons. The van der Waals surface area contributed by atoms with E-state index in [2.05, 4.69) is 31.6 Å². The van der Waals surface area contributed by atoms with Gasteiger partial charge >= 0.3 is 24.3 Å². The molecule has 6 N–H and O–H groups in total. The lowest BCUT2D eigenvalue weighted by Crippen LogP contribution is -2.48. The third-order valence-electron chi connectivity index (χ3n) is 12.2. The van der Waals surface area contributed by atoms with Crippen molar-refractivity contribution in [2.24, 2.45) is 11.8 Å². The maximum absolute atomic E-state index is 14.1. The number of nitrogens with one attached hydrogen (secondary N) is 6. The Morgan fingerprint density at radius 2 is 1.35 bits per heavy atom. The van der Waals surface area contributed by atoms with Crippen molar-refractivity contribution < 1.29 is 55.4 Å². The molecule has 2 saturated carbocycles. The fourth-order valence-corrected chi connectivity index (χ4v) is 8.58. The van der Waals surface area contributed by atoms with Gasteiger partial charge in [0.15, 0.2) is 5.82 Å². The molecule has 69 heavy (non-hydrogen) atoms. The number of nitrogens with zero attached hydrogens (tertiary/aromatic N) is 1. The molecule has 0 saturated heterocycles. The Labute approximate surface area is 398 Å². The number of fused-ring (bicyclic) bond motifs is 1. The monoisotopic (exact) mass is 967 g/mol. The summed E-state index contributed by atoms with van der Waals surface area (Å²) in [7, 11) is 0. The number of hydrogen-bond donors (Lipinski definition) is 6. The number of H-pyrrole nitrogens is 1. The highest BCUT2D eigenvalue weighted by Crippen LogP contribution is 2.43. The molecule has 0 bridgehead atoms. The molecule has 2 aliphatic carbocycles. The average molecular weight is 968 g/mol. The molecule has 374 valence electrons. The molecule has 14 nitrogen and oxygen atoms in total. The highest BCUT2D eigenvalue weighted by atomic mass is 19.4. The van der Waals surface area contributed by atoms with E-state index in [1.54, 1.807) is 26.8 Å². The summed E-state index contributed by atoms with van der Waals surface area (Å²) < 4.78 is 78.1. The molecule has 3 aromatic carbocycles. The van der Waals surface area contributed by atoms with Gasteiger partial charge in [0, 0.05) is 42.2 Å². The molecule has 1 aromatic heterocycles. The Morgan fingerprint density at radius 3 is 1.94 bits per heavy atom. The molecular weight excluding hydrogens is 906 g/mol. The van der Waals surface area contributed by atoms with E-state index in [4.69, 9.17) is 9.47 Å². The number of ether oxygens (including phenoxy) is 2. The minimum absolute atomic E-state index is 0.0271. The third-order valence-corrected chi connectivity index (χ3v) is 12.2. The van der Waals surface area contributed by atoms with Crippen molar-refractivity contribution in [3.63, 3.8) is 0 Å². The van der Waals surface area contributed by atoms with Gasteiger partial charge in [-0.05, 0) is 158 Å². The molecule has 5 amide bonds. The molecule has 6 rings (SSSR count). The van der Waals surface area contributed by atoms with Gasteiger partial charge < -0.3 is 41.0 Å². The number of aromatic nitrogens is 2. The molecule has 19 heteroatoms. The second-order valence-corrected chi connectivity index (χ2v) is 20.1. The number of amides is 5. The number of aromatic amines is 1. The fourth-order valence-electron chi connectivity index (χ4n) is 8.58. The molecular formula is C50H62F5N7O7. The lowest BCUT2D eigenvalue weighted by Gasteiger charge is -2.30. The summed E-state index contributed by atoms with van der Waals surface area (Å²) in [5.74, 6) is -8.34. The lowest BCUT2D eigenvalue weighted by molar-refractivity contribution is -0.292. The predicted octanol–water partition coefficient (Wildman–Crippen LogP) is 9.76. The van der Waals surface area contributed by atoms with Crippen LogP contribution in [0.3, 0.4) is 0 Å². The van der Waals surface area contributed by atoms with E-state index in [1.807, 2.05) is 69.1 Å². The van der Waals surface area contributed by atoms with Crippen molar-refractivity contribution >= 4 is 46.6 Å². The van der Waals surface area contributed by atoms with Crippen LogP contribution in [0.5, 0.6) is 0 Å². The first-order valence-corrected chi connectivity index (χ1v) is 23.3. The Balaban J connectivity index is 1.10. The third kappa shape index (κ3) is 14.4. The molecule has 4 aromatic rings. The Kier molecular flexibility index (Phi) is 16.0. The van der Waals surface area contributed by atoms with Crippen LogP contribution in [-0.4, -0.2) is 81.9 Å². The number of imidazole rings is 1. The van der Waals surface area contributed by atoms with Gasteiger partial charge in [0.05, 0.1) is 11.0 Å². The first-order valence-electron chi connectivity index (χ1n) is 23.3. The van der Waals surface area contributed by atoms with Crippen LogP contribution in [0.2, 0.25) is 0 Å². The Bertz CT molecular complexity index is 2480. The first-order chi connectivity index (χ1) is 32.2. The zero-order valence-electron chi connectivity index (χ0n) is 39.9. The van der Waals surface area contributed by atoms with E-state index in [9.17, 15) is 45.9 Å². The summed E-state index contributed by atoms with van der Waals surface area (Å²) in [6, 6.07) is 15.3. The van der Waals surface area contributed by atoms with Crippen molar-refractivity contribution in [3.05, 3.63) is 83.2 Å². The van der Waals surface area contributed by atoms with Gasteiger partial charge in [0.2, 0.25) is 11.8 Å². The summed E-state index contributed by atoms with van der Waals surface area (Å²) in [6.07, 6.45) is -1.68. The Hall–Kier alpha value is -6.27. The van der Waals surface area contributed by atoms with Crippen LogP contribution in [0.25, 0.3) is 22.2 Å². The van der Waals surface area contributed by atoms with Crippen molar-refractivity contribution in [1.29, 1.82) is 0 Å². The van der Waals surface area contributed by atoms with E-state index in [-0.39, 0.29) is 53.0 Å². The maximum Gasteiger partial charge on any atom is 0.461 e. The van der Waals surface area contributed by atoms with E-state index >= 15 is 0 Å². The van der Waals surface area contributed by atoms with Crippen LogP contribution in [0.1, 0.15) is 120 Å². The minimum atomic E-state index is -5.88. The van der Waals surface area contributed by atoms with E-state index < -0.39 is 59.2 Å². The van der Waals surface area contributed by atoms with Crippen LogP contribution < -0.4 is 26.6 Å². The quantitative estimate of drug-likeness (QED) is 0.0713. The van der Waals surface area contributed by atoms with Crippen molar-refractivity contribution in [2.45, 2.75) is 148 Å².